The van der Waals surface area contributed by atoms with Gasteiger partial charge in [-0.05, 0) is 36.0 Å². The van der Waals surface area contributed by atoms with Crippen molar-refractivity contribution in [2.75, 3.05) is 5.32 Å². The van der Waals surface area contributed by atoms with Crippen molar-refractivity contribution in [1.82, 2.24) is 0 Å². The van der Waals surface area contributed by atoms with Crippen LogP contribution < -0.4 is 15.5 Å². The molecule has 0 aliphatic heterocycles. The van der Waals surface area contributed by atoms with E-state index in [1.54, 1.807) is 6.92 Å². The highest BCUT2D eigenvalue weighted by atomic mass is 16.4. The Bertz CT molecular complexity index is 580. The summed E-state index contributed by atoms with van der Waals surface area (Å²) in [7, 11) is 0. The number of nitrogens with one attached hydrogen (secondary N) is 1. The molecule has 0 spiro atoms. The summed E-state index contributed by atoms with van der Waals surface area (Å²) in [4.78, 5) is 34.0. The number of carbonyl (C=O) groups is 3. The van der Waals surface area contributed by atoms with Crippen molar-refractivity contribution in [3.8, 4) is 0 Å². The first-order chi connectivity index (χ1) is 11.2. The zero-order valence-electron chi connectivity index (χ0n) is 14.2. The van der Waals surface area contributed by atoms with Gasteiger partial charge in [-0.15, -0.1) is 0 Å². The van der Waals surface area contributed by atoms with E-state index in [0.29, 0.717) is 18.0 Å². The molecule has 1 N–H and O–H groups in total. The number of aliphatic carboxylic acids is 1. The van der Waals surface area contributed by atoms with Gasteiger partial charge in [0.25, 0.3) is 0 Å². The van der Waals surface area contributed by atoms with Crippen LogP contribution in [0.2, 0.25) is 0 Å². The number of aromatic carboxylic acids is 1. The predicted molar refractivity (Wildman–Crippen MR) is 85.8 cm³/mol. The molecular formula is C18H23NO5-2. The molecule has 0 aliphatic rings. The van der Waals surface area contributed by atoms with Crippen LogP contribution in [0, 0.1) is 17.8 Å². The summed E-state index contributed by atoms with van der Waals surface area (Å²) in [5.41, 5.74) is 0.469. The van der Waals surface area contributed by atoms with Gasteiger partial charge in [-0.2, -0.15) is 0 Å². The first-order valence-corrected chi connectivity index (χ1v) is 8.02. The number of carboxylic acid groups (broad SMARTS) is 2. The number of hydrogen-bond donors (Lipinski definition) is 1. The lowest BCUT2D eigenvalue weighted by molar-refractivity contribution is -0.313. The molecule has 6 heteroatoms. The molecular weight excluding hydrogens is 310 g/mol. The fourth-order valence-corrected chi connectivity index (χ4v) is 2.48. The van der Waals surface area contributed by atoms with Gasteiger partial charge in [0, 0.05) is 24.0 Å². The molecule has 0 saturated heterocycles. The molecule has 0 saturated carbocycles. The van der Waals surface area contributed by atoms with E-state index in [2.05, 4.69) is 5.32 Å². The van der Waals surface area contributed by atoms with E-state index in [4.69, 9.17) is 0 Å². The minimum Gasteiger partial charge on any atom is -0.550 e. The van der Waals surface area contributed by atoms with E-state index in [1.165, 1.54) is 24.3 Å². The average molecular weight is 333 g/mol. The van der Waals surface area contributed by atoms with Crippen LogP contribution in [-0.2, 0) is 9.59 Å². The lowest BCUT2D eigenvalue weighted by Gasteiger charge is -2.25. The zero-order chi connectivity index (χ0) is 18.3. The second kappa shape index (κ2) is 9.05. The highest BCUT2D eigenvalue weighted by Gasteiger charge is 2.21. The summed E-state index contributed by atoms with van der Waals surface area (Å²) in [6.45, 7) is 5.75. The molecule has 132 valence electrons. The van der Waals surface area contributed by atoms with E-state index < -0.39 is 17.9 Å². The standard InChI is InChI=1S/C18H25NO5/c1-11(2)4-9-15(18(23)24)12(3)10-16(20)19-14-7-5-13(6-8-14)17(21)22/h5-8,11-12,15H,4,9-10H2,1-3H3,(H,19,20)(H,21,22)(H,23,24)/p-2/t12-,15+/m1/s1. The van der Waals surface area contributed by atoms with Gasteiger partial charge in [0.1, 0.15) is 0 Å². The molecule has 1 amide bonds. The lowest BCUT2D eigenvalue weighted by atomic mass is 9.85. The van der Waals surface area contributed by atoms with E-state index in [0.717, 1.165) is 6.42 Å². The Kier molecular flexibility index (Phi) is 7.42. The molecule has 0 aromatic heterocycles. The van der Waals surface area contributed by atoms with Crippen molar-refractivity contribution in [3.05, 3.63) is 29.8 Å². The number of rotatable bonds is 9. The third-order valence-corrected chi connectivity index (χ3v) is 3.96. The number of carbonyl (C=O) groups excluding carboxylic acids is 3. The Balaban J connectivity index is 2.61. The van der Waals surface area contributed by atoms with Crippen LogP contribution >= 0.6 is 0 Å². The van der Waals surface area contributed by atoms with Gasteiger partial charge in [-0.3, -0.25) is 4.79 Å². The van der Waals surface area contributed by atoms with Crippen LogP contribution in [0.4, 0.5) is 5.69 Å². The maximum atomic E-state index is 12.1. The molecule has 0 unspecified atom stereocenters. The van der Waals surface area contributed by atoms with Crippen molar-refractivity contribution in [2.45, 2.75) is 40.0 Å². The monoisotopic (exact) mass is 333 g/mol. The second-order valence-electron chi connectivity index (χ2n) is 6.49. The Morgan fingerprint density at radius 2 is 1.58 bits per heavy atom. The molecule has 0 radical (unpaired) electrons. The molecule has 1 aromatic rings. The average Bonchev–Trinajstić information content (AvgIpc) is 2.46. The number of hydrogen-bond acceptors (Lipinski definition) is 5. The van der Waals surface area contributed by atoms with Crippen LogP contribution in [0.3, 0.4) is 0 Å². The lowest BCUT2D eigenvalue weighted by Crippen LogP contribution is -2.36. The maximum absolute atomic E-state index is 12.1. The summed E-state index contributed by atoms with van der Waals surface area (Å²) in [6.07, 6.45) is 1.29. The summed E-state index contributed by atoms with van der Waals surface area (Å²) in [5.74, 6) is -3.37. The Hall–Kier alpha value is -2.37. The second-order valence-corrected chi connectivity index (χ2v) is 6.49. The first-order valence-electron chi connectivity index (χ1n) is 8.02. The van der Waals surface area contributed by atoms with Crippen molar-refractivity contribution in [1.29, 1.82) is 0 Å². The molecule has 1 rings (SSSR count). The van der Waals surface area contributed by atoms with E-state index in [1.807, 2.05) is 13.8 Å². The molecule has 0 heterocycles. The number of amides is 1. The maximum Gasteiger partial charge on any atom is 0.224 e. The number of carboxylic acids is 2. The van der Waals surface area contributed by atoms with E-state index in [9.17, 15) is 24.6 Å². The SMILES string of the molecule is CC(C)CC[C@H](C(=O)[O-])[C@H](C)CC(=O)Nc1ccc(C(=O)[O-])cc1. The van der Waals surface area contributed by atoms with E-state index in [-0.39, 0.29) is 23.8 Å². The van der Waals surface area contributed by atoms with Gasteiger partial charge in [0.05, 0.1) is 5.97 Å². The normalized spacial score (nSPS) is 13.3. The Morgan fingerprint density at radius 1 is 1.00 bits per heavy atom. The van der Waals surface area contributed by atoms with E-state index >= 15 is 0 Å². The first kappa shape index (κ1) is 19.7. The van der Waals surface area contributed by atoms with Crippen molar-refractivity contribution in [3.63, 3.8) is 0 Å². The van der Waals surface area contributed by atoms with Crippen molar-refractivity contribution < 1.29 is 24.6 Å². The molecule has 0 aliphatic carbocycles. The predicted octanol–water partition coefficient (Wildman–Crippen LogP) is 0.817. The molecule has 6 nitrogen and oxygen atoms in total. The van der Waals surface area contributed by atoms with Gasteiger partial charge in [0.2, 0.25) is 5.91 Å². The van der Waals surface area contributed by atoms with Crippen LogP contribution in [0.1, 0.15) is 50.4 Å². The zero-order valence-corrected chi connectivity index (χ0v) is 14.2. The largest absolute Gasteiger partial charge is 0.550 e. The van der Waals surface area contributed by atoms with Crippen LogP contribution in [0.15, 0.2) is 24.3 Å². The van der Waals surface area contributed by atoms with Gasteiger partial charge in [0.15, 0.2) is 0 Å². The third-order valence-electron chi connectivity index (χ3n) is 3.96. The molecule has 1 aromatic carbocycles. The van der Waals surface area contributed by atoms with Gasteiger partial charge >= 0.3 is 0 Å². The summed E-state index contributed by atoms with van der Waals surface area (Å²) in [5, 5.41) is 24.6. The number of anilines is 1. The smallest absolute Gasteiger partial charge is 0.224 e. The summed E-state index contributed by atoms with van der Waals surface area (Å²) in [6, 6.07) is 5.59. The summed E-state index contributed by atoms with van der Waals surface area (Å²) < 4.78 is 0. The fourth-order valence-electron chi connectivity index (χ4n) is 2.48. The molecule has 0 fully saturated rings. The minimum absolute atomic E-state index is 0.0204. The van der Waals surface area contributed by atoms with Gasteiger partial charge in [-0.25, -0.2) is 0 Å². The topological polar surface area (TPSA) is 109 Å². The quantitative estimate of drug-likeness (QED) is 0.719. The van der Waals surface area contributed by atoms with Crippen LogP contribution in [0.5, 0.6) is 0 Å². The molecule has 2 atom stereocenters. The fraction of sp³-hybridized carbons (Fsp3) is 0.500. The van der Waals surface area contributed by atoms with Crippen molar-refractivity contribution in [2.24, 2.45) is 17.8 Å². The number of benzene rings is 1. The van der Waals surface area contributed by atoms with Crippen LogP contribution in [-0.4, -0.2) is 17.8 Å². The highest BCUT2D eigenvalue weighted by molar-refractivity contribution is 5.92. The van der Waals surface area contributed by atoms with Gasteiger partial charge in [-0.1, -0.05) is 39.3 Å². The minimum atomic E-state index is -1.29. The van der Waals surface area contributed by atoms with Crippen LogP contribution in [0.25, 0.3) is 0 Å². The third kappa shape index (κ3) is 6.40. The Morgan fingerprint density at radius 3 is 2.04 bits per heavy atom. The van der Waals surface area contributed by atoms with Crippen molar-refractivity contribution >= 4 is 23.5 Å². The Labute approximate surface area is 141 Å². The van der Waals surface area contributed by atoms with Gasteiger partial charge < -0.3 is 25.1 Å². The highest BCUT2D eigenvalue weighted by Crippen LogP contribution is 2.23. The molecule has 0 bridgehead atoms. The molecule has 24 heavy (non-hydrogen) atoms. The summed E-state index contributed by atoms with van der Waals surface area (Å²) >= 11 is 0.